The molecular formula is C14H22N2O2. The van der Waals surface area contributed by atoms with E-state index >= 15 is 0 Å². The Labute approximate surface area is 108 Å². The second-order valence-electron chi connectivity index (χ2n) is 6.58. The van der Waals surface area contributed by atoms with E-state index in [0.717, 1.165) is 36.5 Å². The fourth-order valence-corrected chi connectivity index (χ4v) is 4.85. The third kappa shape index (κ3) is 1.55. The van der Waals surface area contributed by atoms with Crippen molar-refractivity contribution in [3.05, 3.63) is 0 Å². The number of ether oxygens (including phenoxy) is 1. The van der Waals surface area contributed by atoms with Gasteiger partial charge in [0.15, 0.2) is 0 Å². The van der Waals surface area contributed by atoms with Gasteiger partial charge >= 0.3 is 0 Å². The van der Waals surface area contributed by atoms with E-state index in [1.165, 1.54) is 19.3 Å². The van der Waals surface area contributed by atoms with Crippen LogP contribution in [0.5, 0.6) is 0 Å². The lowest BCUT2D eigenvalue weighted by molar-refractivity contribution is -0.132. The van der Waals surface area contributed by atoms with E-state index in [0.29, 0.717) is 12.6 Å². The lowest BCUT2D eigenvalue weighted by Gasteiger charge is -2.15. The normalized spacial score (nSPS) is 52.4. The SMILES string of the molecule is NCC1CCC(C(=O)NC2C3C4CCC(C4)C23)O1. The second kappa shape index (κ2) is 3.94. The molecule has 1 heterocycles. The Morgan fingerprint density at radius 3 is 2.50 bits per heavy atom. The first-order valence-corrected chi connectivity index (χ1v) is 7.44. The van der Waals surface area contributed by atoms with Gasteiger partial charge in [0, 0.05) is 12.6 Å². The number of fused-ring (bicyclic) bond motifs is 5. The minimum Gasteiger partial charge on any atom is -0.364 e. The predicted octanol–water partition coefficient (Wildman–Crippen LogP) is 0.653. The van der Waals surface area contributed by atoms with E-state index < -0.39 is 0 Å². The van der Waals surface area contributed by atoms with Crippen molar-refractivity contribution in [3.8, 4) is 0 Å². The van der Waals surface area contributed by atoms with Crippen LogP contribution in [0.3, 0.4) is 0 Å². The summed E-state index contributed by atoms with van der Waals surface area (Å²) >= 11 is 0. The highest BCUT2D eigenvalue weighted by molar-refractivity contribution is 5.81. The standard InChI is InChI=1S/C14H22N2O2/c15-6-9-3-4-10(18-9)14(17)16-13-11-7-1-2-8(5-7)12(11)13/h7-13H,1-6,15H2,(H,16,17). The van der Waals surface area contributed by atoms with Crippen LogP contribution >= 0.6 is 0 Å². The number of amides is 1. The maximum atomic E-state index is 12.1. The third-order valence-electron chi connectivity index (χ3n) is 5.71. The summed E-state index contributed by atoms with van der Waals surface area (Å²) in [6.45, 7) is 0.530. The quantitative estimate of drug-likeness (QED) is 0.773. The van der Waals surface area contributed by atoms with E-state index in [9.17, 15) is 4.79 Å². The molecule has 3 aliphatic carbocycles. The van der Waals surface area contributed by atoms with Crippen LogP contribution in [0.2, 0.25) is 0 Å². The molecule has 4 heteroatoms. The van der Waals surface area contributed by atoms with Crippen LogP contribution in [0.15, 0.2) is 0 Å². The van der Waals surface area contributed by atoms with E-state index in [1.807, 2.05) is 0 Å². The predicted molar refractivity (Wildman–Crippen MR) is 66.7 cm³/mol. The average Bonchev–Trinajstić information content (AvgIpc) is 2.87. The van der Waals surface area contributed by atoms with E-state index in [4.69, 9.17) is 10.5 Å². The molecule has 4 aliphatic rings. The number of rotatable bonds is 3. The largest absolute Gasteiger partial charge is 0.364 e. The van der Waals surface area contributed by atoms with Crippen LogP contribution in [0.1, 0.15) is 32.1 Å². The highest BCUT2D eigenvalue weighted by Crippen LogP contribution is 2.65. The number of hydrogen-bond acceptors (Lipinski definition) is 3. The molecule has 6 unspecified atom stereocenters. The molecule has 6 atom stereocenters. The molecule has 3 saturated carbocycles. The molecule has 2 bridgehead atoms. The molecule has 0 radical (unpaired) electrons. The van der Waals surface area contributed by atoms with Gasteiger partial charge in [-0.15, -0.1) is 0 Å². The zero-order valence-electron chi connectivity index (χ0n) is 10.7. The van der Waals surface area contributed by atoms with Gasteiger partial charge in [-0.2, -0.15) is 0 Å². The highest BCUT2D eigenvalue weighted by atomic mass is 16.5. The molecular weight excluding hydrogens is 228 g/mol. The molecule has 4 fully saturated rings. The summed E-state index contributed by atoms with van der Waals surface area (Å²) in [5, 5.41) is 3.24. The second-order valence-corrected chi connectivity index (χ2v) is 6.58. The minimum atomic E-state index is -0.238. The third-order valence-corrected chi connectivity index (χ3v) is 5.71. The first-order chi connectivity index (χ1) is 8.78. The fourth-order valence-electron chi connectivity index (χ4n) is 4.85. The molecule has 1 aliphatic heterocycles. The molecule has 1 saturated heterocycles. The molecule has 0 aromatic carbocycles. The summed E-state index contributed by atoms with van der Waals surface area (Å²) in [5.74, 6) is 3.54. The molecule has 0 aromatic rings. The number of nitrogens with two attached hydrogens (primary N) is 1. The van der Waals surface area contributed by atoms with Crippen molar-refractivity contribution >= 4 is 5.91 Å². The van der Waals surface area contributed by atoms with Crippen LogP contribution in [0.4, 0.5) is 0 Å². The van der Waals surface area contributed by atoms with Crippen LogP contribution in [-0.2, 0) is 9.53 Å². The molecule has 100 valence electrons. The zero-order chi connectivity index (χ0) is 12.3. The average molecular weight is 250 g/mol. The van der Waals surface area contributed by atoms with Crippen LogP contribution in [-0.4, -0.2) is 30.7 Å². The first-order valence-electron chi connectivity index (χ1n) is 7.44. The van der Waals surface area contributed by atoms with Crippen LogP contribution in [0.25, 0.3) is 0 Å². The molecule has 0 aromatic heterocycles. The summed E-state index contributed by atoms with van der Waals surface area (Å²) in [7, 11) is 0. The van der Waals surface area contributed by atoms with Crippen molar-refractivity contribution in [2.45, 2.75) is 50.4 Å². The van der Waals surface area contributed by atoms with Gasteiger partial charge in [0.25, 0.3) is 0 Å². The fraction of sp³-hybridized carbons (Fsp3) is 0.929. The van der Waals surface area contributed by atoms with E-state index in [2.05, 4.69) is 5.32 Å². The van der Waals surface area contributed by atoms with Gasteiger partial charge < -0.3 is 15.8 Å². The Morgan fingerprint density at radius 1 is 1.17 bits per heavy atom. The van der Waals surface area contributed by atoms with Gasteiger partial charge in [-0.25, -0.2) is 0 Å². The molecule has 4 nitrogen and oxygen atoms in total. The molecule has 4 rings (SSSR count). The van der Waals surface area contributed by atoms with Crippen molar-refractivity contribution in [1.29, 1.82) is 0 Å². The number of carbonyl (C=O) groups is 1. The molecule has 3 N–H and O–H groups in total. The number of hydrogen-bond donors (Lipinski definition) is 2. The van der Waals surface area contributed by atoms with Crippen molar-refractivity contribution < 1.29 is 9.53 Å². The lowest BCUT2D eigenvalue weighted by Crippen LogP contribution is -2.38. The molecule has 0 spiro atoms. The topological polar surface area (TPSA) is 64.4 Å². The lowest BCUT2D eigenvalue weighted by atomic mass is 10.0. The van der Waals surface area contributed by atoms with Gasteiger partial charge in [0.1, 0.15) is 6.10 Å². The van der Waals surface area contributed by atoms with Crippen molar-refractivity contribution in [1.82, 2.24) is 5.32 Å². The van der Waals surface area contributed by atoms with E-state index in [-0.39, 0.29) is 18.1 Å². The summed E-state index contributed by atoms with van der Waals surface area (Å²) in [6.07, 6.45) is 5.84. The monoisotopic (exact) mass is 250 g/mol. The Morgan fingerprint density at radius 2 is 1.89 bits per heavy atom. The van der Waals surface area contributed by atoms with Gasteiger partial charge in [-0.05, 0) is 55.8 Å². The van der Waals surface area contributed by atoms with Crippen LogP contribution in [0, 0.1) is 23.7 Å². The Hall–Kier alpha value is -0.610. The van der Waals surface area contributed by atoms with E-state index in [1.54, 1.807) is 0 Å². The van der Waals surface area contributed by atoms with Crippen molar-refractivity contribution in [2.24, 2.45) is 29.4 Å². The first kappa shape index (κ1) is 11.2. The maximum absolute atomic E-state index is 12.1. The van der Waals surface area contributed by atoms with Crippen LogP contribution < -0.4 is 11.1 Å². The maximum Gasteiger partial charge on any atom is 0.249 e. The minimum absolute atomic E-state index is 0.0932. The molecule has 1 amide bonds. The Bertz CT molecular complexity index is 357. The Kier molecular flexibility index (Phi) is 2.46. The smallest absolute Gasteiger partial charge is 0.249 e. The summed E-state index contributed by atoms with van der Waals surface area (Å²) in [6, 6.07) is 0.476. The summed E-state index contributed by atoms with van der Waals surface area (Å²) in [4.78, 5) is 12.1. The summed E-state index contributed by atoms with van der Waals surface area (Å²) < 4.78 is 5.66. The zero-order valence-corrected chi connectivity index (χ0v) is 10.7. The van der Waals surface area contributed by atoms with Crippen molar-refractivity contribution in [3.63, 3.8) is 0 Å². The summed E-state index contributed by atoms with van der Waals surface area (Å²) in [5.41, 5.74) is 5.57. The van der Waals surface area contributed by atoms with Gasteiger partial charge in [-0.1, -0.05) is 0 Å². The molecule has 18 heavy (non-hydrogen) atoms. The van der Waals surface area contributed by atoms with Gasteiger partial charge in [-0.3, -0.25) is 4.79 Å². The number of nitrogens with one attached hydrogen (secondary N) is 1. The number of carbonyl (C=O) groups excluding carboxylic acids is 1. The van der Waals surface area contributed by atoms with Gasteiger partial charge in [0.2, 0.25) is 5.91 Å². The Balaban J connectivity index is 1.33. The van der Waals surface area contributed by atoms with Gasteiger partial charge in [0.05, 0.1) is 6.10 Å². The van der Waals surface area contributed by atoms with Crippen molar-refractivity contribution in [2.75, 3.05) is 6.54 Å². The highest BCUT2D eigenvalue weighted by Gasteiger charge is 2.65.